The highest BCUT2D eigenvalue weighted by Crippen LogP contribution is 2.35. The van der Waals surface area contributed by atoms with Gasteiger partial charge in [-0.3, -0.25) is 4.79 Å². The molecule has 1 amide bonds. The Bertz CT molecular complexity index is 569. The number of amides is 1. The van der Waals surface area contributed by atoms with Gasteiger partial charge < -0.3 is 10.6 Å². The van der Waals surface area contributed by atoms with Crippen LogP contribution in [0.5, 0.6) is 0 Å². The van der Waals surface area contributed by atoms with E-state index in [0.717, 1.165) is 32.2 Å². The van der Waals surface area contributed by atoms with Crippen molar-refractivity contribution in [3.63, 3.8) is 0 Å². The van der Waals surface area contributed by atoms with Gasteiger partial charge in [-0.05, 0) is 68.6 Å². The summed E-state index contributed by atoms with van der Waals surface area (Å²) in [5.41, 5.74) is 10.2. The van der Waals surface area contributed by atoms with Gasteiger partial charge in [0, 0.05) is 19.0 Å². The largest absolute Gasteiger partial charge is 0.336 e. The molecule has 2 N–H and O–H groups in total. The number of hydrogen-bond acceptors (Lipinski definition) is 2. The topological polar surface area (TPSA) is 46.3 Å². The first-order valence-electron chi connectivity index (χ1n) is 9.19. The highest BCUT2D eigenvalue weighted by molar-refractivity contribution is 5.77. The van der Waals surface area contributed by atoms with E-state index in [1.54, 1.807) is 0 Å². The number of nitrogens with two attached hydrogens (primary N) is 1. The van der Waals surface area contributed by atoms with Crippen molar-refractivity contribution < 1.29 is 4.79 Å². The average molecular weight is 314 g/mol. The van der Waals surface area contributed by atoms with Crippen LogP contribution in [0.1, 0.15) is 67.7 Å². The fourth-order valence-electron chi connectivity index (χ4n) is 4.35. The molecule has 23 heavy (non-hydrogen) atoms. The SMILES string of the molecule is Cc1cccc(C2CCCCN2C(=O)C[C@@H]2CCC[C@H]2N)c1C. The van der Waals surface area contributed by atoms with Crippen LogP contribution in [0.2, 0.25) is 0 Å². The molecule has 1 saturated carbocycles. The molecule has 1 saturated heterocycles. The van der Waals surface area contributed by atoms with E-state index in [9.17, 15) is 4.79 Å². The van der Waals surface area contributed by atoms with Crippen molar-refractivity contribution in [1.82, 2.24) is 4.90 Å². The minimum atomic E-state index is 0.225. The van der Waals surface area contributed by atoms with Gasteiger partial charge in [0.05, 0.1) is 6.04 Å². The minimum absolute atomic E-state index is 0.225. The van der Waals surface area contributed by atoms with Crippen molar-refractivity contribution in [3.05, 3.63) is 34.9 Å². The first-order valence-corrected chi connectivity index (χ1v) is 9.19. The zero-order valence-corrected chi connectivity index (χ0v) is 14.6. The van der Waals surface area contributed by atoms with Crippen LogP contribution in [0.15, 0.2) is 18.2 Å². The second kappa shape index (κ2) is 7.04. The lowest BCUT2D eigenvalue weighted by atomic mass is 9.89. The highest BCUT2D eigenvalue weighted by Gasteiger charge is 2.33. The molecule has 3 rings (SSSR count). The molecule has 0 radical (unpaired) electrons. The molecular formula is C20H30N2O. The third-order valence-corrected chi connectivity index (χ3v) is 5.98. The van der Waals surface area contributed by atoms with Gasteiger partial charge in [0.1, 0.15) is 0 Å². The maximum absolute atomic E-state index is 12.9. The Hall–Kier alpha value is -1.35. The van der Waals surface area contributed by atoms with Crippen LogP contribution in [-0.4, -0.2) is 23.4 Å². The monoisotopic (exact) mass is 314 g/mol. The van der Waals surface area contributed by atoms with Gasteiger partial charge in [-0.2, -0.15) is 0 Å². The van der Waals surface area contributed by atoms with Crippen molar-refractivity contribution in [2.75, 3.05) is 6.54 Å². The van der Waals surface area contributed by atoms with E-state index in [0.29, 0.717) is 18.2 Å². The van der Waals surface area contributed by atoms with E-state index < -0.39 is 0 Å². The number of likely N-dealkylation sites (tertiary alicyclic amines) is 1. The summed E-state index contributed by atoms with van der Waals surface area (Å²) in [6.07, 6.45) is 7.46. The number of carbonyl (C=O) groups is 1. The van der Waals surface area contributed by atoms with Crippen LogP contribution in [0.25, 0.3) is 0 Å². The predicted octanol–water partition coefficient (Wildman–Crippen LogP) is 3.87. The third kappa shape index (κ3) is 3.45. The highest BCUT2D eigenvalue weighted by atomic mass is 16.2. The van der Waals surface area contributed by atoms with Crippen LogP contribution in [-0.2, 0) is 4.79 Å². The molecule has 2 aliphatic rings. The molecule has 3 heteroatoms. The maximum atomic E-state index is 12.9. The lowest BCUT2D eigenvalue weighted by molar-refractivity contribution is -0.136. The van der Waals surface area contributed by atoms with E-state index in [-0.39, 0.29) is 12.1 Å². The number of benzene rings is 1. The molecule has 0 aromatic heterocycles. The number of hydrogen-bond donors (Lipinski definition) is 1. The van der Waals surface area contributed by atoms with Gasteiger partial charge in [-0.25, -0.2) is 0 Å². The molecule has 3 nitrogen and oxygen atoms in total. The number of aryl methyl sites for hydroxylation is 1. The van der Waals surface area contributed by atoms with E-state index in [1.165, 1.54) is 29.5 Å². The Kier molecular flexibility index (Phi) is 5.05. The lowest BCUT2D eigenvalue weighted by Gasteiger charge is -2.38. The maximum Gasteiger partial charge on any atom is 0.223 e. The molecule has 1 aliphatic carbocycles. The summed E-state index contributed by atoms with van der Waals surface area (Å²) in [4.78, 5) is 15.1. The zero-order valence-electron chi connectivity index (χ0n) is 14.6. The van der Waals surface area contributed by atoms with Gasteiger partial charge in [0.25, 0.3) is 0 Å². The smallest absolute Gasteiger partial charge is 0.223 e. The molecule has 1 aromatic carbocycles. The van der Waals surface area contributed by atoms with Crippen molar-refractivity contribution in [3.8, 4) is 0 Å². The van der Waals surface area contributed by atoms with Gasteiger partial charge in [0.2, 0.25) is 5.91 Å². The summed E-state index contributed by atoms with van der Waals surface area (Å²) >= 11 is 0. The van der Waals surface area contributed by atoms with Crippen LogP contribution in [0.3, 0.4) is 0 Å². The Morgan fingerprint density at radius 3 is 2.74 bits per heavy atom. The first-order chi connectivity index (χ1) is 11.1. The average Bonchev–Trinajstić information content (AvgIpc) is 2.95. The quantitative estimate of drug-likeness (QED) is 0.920. The molecule has 0 spiro atoms. The summed E-state index contributed by atoms with van der Waals surface area (Å²) in [5, 5.41) is 0. The second-order valence-electron chi connectivity index (χ2n) is 7.45. The first kappa shape index (κ1) is 16.5. The summed E-state index contributed by atoms with van der Waals surface area (Å²) in [6, 6.07) is 6.98. The molecule has 2 fully saturated rings. The normalized spacial score (nSPS) is 28.1. The van der Waals surface area contributed by atoms with E-state index in [1.807, 2.05) is 0 Å². The summed E-state index contributed by atoms with van der Waals surface area (Å²) in [5.74, 6) is 0.710. The predicted molar refractivity (Wildman–Crippen MR) is 94.2 cm³/mol. The summed E-state index contributed by atoms with van der Waals surface area (Å²) in [6.45, 7) is 5.25. The molecular weight excluding hydrogens is 284 g/mol. The van der Waals surface area contributed by atoms with Crippen molar-refractivity contribution in [2.24, 2.45) is 11.7 Å². The molecule has 1 unspecified atom stereocenters. The van der Waals surface area contributed by atoms with Crippen molar-refractivity contribution in [2.45, 2.75) is 70.9 Å². The van der Waals surface area contributed by atoms with Crippen molar-refractivity contribution >= 4 is 5.91 Å². The van der Waals surface area contributed by atoms with Gasteiger partial charge in [-0.1, -0.05) is 24.6 Å². The van der Waals surface area contributed by atoms with Gasteiger partial charge in [-0.15, -0.1) is 0 Å². The van der Waals surface area contributed by atoms with Crippen LogP contribution in [0.4, 0.5) is 0 Å². The third-order valence-electron chi connectivity index (χ3n) is 5.98. The Balaban J connectivity index is 1.78. The fourth-order valence-corrected chi connectivity index (χ4v) is 4.35. The number of piperidine rings is 1. The Labute approximate surface area is 140 Å². The molecule has 1 aromatic rings. The number of rotatable bonds is 3. The molecule has 126 valence electrons. The number of carbonyl (C=O) groups excluding carboxylic acids is 1. The fraction of sp³-hybridized carbons (Fsp3) is 0.650. The van der Waals surface area contributed by atoms with E-state index >= 15 is 0 Å². The Morgan fingerprint density at radius 1 is 1.17 bits per heavy atom. The molecule has 0 bridgehead atoms. The minimum Gasteiger partial charge on any atom is -0.336 e. The zero-order chi connectivity index (χ0) is 16.4. The standard InChI is InChI=1S/C20H30N2O/c1-14-7-5-9-17(15(14)2)19-11-3-4-12-22(19)20(23)13-16-8-6-10-18(16)21/h5,7,9,16,18-19H,3-4,6,8,10-13,21H2,1-2H3/t16-,18+,19?/m0/s1. The van der Waals surface area contributed by atoms with E-state index in [4.69, 9.17) is 5.73 Å². The van der Waals surface area contributed by atoms with Crippen LogP contribution < -0.4 is 5.73 Å². The summed E-state index contributed by atoms with van der Waals surface area (Å²) < 4.78 is 0. The summed E-state index contributed by atoms with van der Waals surface area (Å²) in [7, 11) is 0. The van der Waals surface area contributed by atoms with E-state index in [2.05, 4.69) is 36.9 Å². The Morgan fingerprint density at radius 2 is 2.00 bits per heavy atom. The van der Waals surface area contributed by atoms with Crippen LogP contribution >= 0.6 is 0 Å². The van der Waals surface area contributed by atoms with Crippen molar-refractivity contribution in [1.29, 1.82) is 0 Å². The lowest BCUT2D eigenvalue weighted by Crippen LogP contribution is -2.40. The van der Waals surface area contributed by atoms with Gasteiger partial charge in [0.15, 0.2) is 0 Å². The van der Waals surface area contributed by atoms with Gasteiger partial charge >= 0.3 is 0 Å². The van der Waals surface area contributed by atoms with Crippen LogP contribution in [0, 0.1) is 19.8 Å². The molecule has 1 aliphatic heterocycles. The molecule has 3 atom stereocenters. The molecule has 1 heterocycles. The number of nitrogens with zero attached hydrogens (tertiary/aromatic N) is 1. The second-order valence-corrected chi connectivity index (χ2v) is 7.45.